The number of halogens is 1. The molecule has 0 bridgehead atoms. The van der Waals surface area contributed by atoms with E-state index in [1.54, 1.807) is 10.9 Å². The summed E-state index contributed by atoms with van der Waals surface area (Å²) in [5.41, 5.74) is 0.640. The van der Waals surface area contributed by atoms with Crippen molar-refractivity contribution in [1.29, 1.82) is 0 Å². The van der Waals surface area contributed by atoms with Crippen LogP contribution in [0.15, 0.2) is 36.7 Å². The maximum atomic E-state index is 11.2. The van der Waals surface area contributed by atoms with Gasteiger partial charge in [-0.05, 0) is 36.4 Å². The number of hydrogen-bond donors (Lipinski definition) is 3. The molecule has 1 aliphatic rings. The van der Waals surface area contributed by atoms with Gasteiger partial charge in [-0.25, -0.2) is 4.98 Å². The Balaban J connectivity index is 0.00000256. The third-order valence-corrected chi connectivity index (χ3v) is 6.30. The molecule has 0 saturated heterocycles. The second-order valence-electron chi connectivity index (χ2n) is 7.42. The normalized spacial score (nSPS) is 23.1. The van der Waals surface area contributed by atoms with Gasteiger partial charge >= 0.3 is 29.6 Å². The molecule has 4 rings (SSSR count). The zero-order valence-corrected chi connectivity index (χ0v) is 20.1. The molecule has 2 aromatic heterocycles. The second kappa shape index (κ2) is 9.22. The number of imidazole rings is 1. The summed E-state index contributed by atoms with van der Waals surface area (Å²) in [5.74, 6) is 0.496. The fourth-order valence-electron chi connectivity index (χ4n) is 3.89. The van der Waals surface area contributed by atoms with E-state index >= 15 is 0 Å². The molecule has 12 heteroatoms. The molecule has 9 nitrogen and oxygen atoms in total. The standard InChI is InChI=1S/C18H21ClN5O4P.Na/c19-17-22-15(20-9-12-4-2-1-3-5-12)14-16(23-17)24(11-21-14)13-6-7-18(25,8-13)10-29(26,27)28;/h1-5,11,13,25H,6-10H2,(H,20,22,23)(H2,26,27,28);/q;+1/p-1/t13-,18-;/m0./s1. The van der Waals surface area contributed by atoms with Crippen LogP contribution in [-0.4, -0.2) is 41.3 Å². The number of rotatable bonds is 6. The average Bonchev–Trinajstić information content (AvgIpc) is 3.22. The van der Waals surface area contributed by atoms with Gasteiger partial charge in [-0.1, -0.05) is 30.3 Å². The molecule has 3 atom stereocenters. The SMILES string of the molecule is O=P([O-])(O)C[C@]1(O)CC[C@H](n2cnc3c(NCc4ccccc4)nc(Cl)nc32)C1.[Na+]. The molecule has 0 radical (unpaired) electrons. The van der Waals surface area contributed by atoms with E-state index < -0.39 is 19.4 Å². The zero-order valence-electron chi connectivity index (χ0n) is 16.4. The Morgan fingerprint density at radius 1 is 1.33 bits per heavy atom. The van der Waals surface area contributed by atoms with Crippen molar-refractivity contribution in [3.8, 4) is 0 Å². The van der Waals surface area contributed by atoms with Crippen molar-refractivity contribution in [2.45, 2.75) is 37.5 Å². The van der Waals surface area contributed by atoms with Crippen molar-refractivity contribution < 1.29 is 49.0 Å². The van der Waals surface area contributed by atoms with Gasteiger partial charge in [-0.2, -0.15) is 9.97 Å². The molecule has 154 valence electrons. The number of nitrogens with one attached hydrogen (secondary N) is 1. The Morgan fingerprint density at radius 2 is 2.07 bits per heavy atom. The maximum Gasteiger partial charge on any atom is 1.00 e. The third-order valence-electron chi connectivity index (χ3n) is 5.14. The van der Waals surface area contributed by atoms with Crippen molar-refractivity contribution in [1.82, 2.24) is 19.5 Å². The average molecular weight is 460 g/mol. The Morgan fingerprint density at radius 3 is 2.77 bits per heavy atom. The minimum Gasteiger partial charge on any atom is -0.779 e. The van der Waals surface area contributed by atoms with Crippen LogP contribution in [0, 0.1) is 0 Å². The minimum atomic E-state index is -4.57. The predicted octanol–water partition coefficient (Wildman–Crippen LogP) is -0.902. The zero-order chi connectivity index (χ0) is 20.6. The quantitative estimate of drug-likeness (QED) is 0.245. The summed E-state index contributed by atoms with van der Waals surface area (Å²) in [6.45, 7) is 0.536. The topological polar surface area (TPSA) is 136 Å². The Bertz CT molecular complexity index is 1080. The van der Waals surface area contributed by atoms with Crippen LogP contribution in [-0.2, 0) is 11.1 Å². The summed E-state index contributed by atoms with van der Waals surface area (Å²) >= 11 is 6.12. The summed E-state index contributed by atoms with van der Waals surface area (Å²) in [6.07, 6.45) is 1.87. The molecule has 2 heterocycles. The first kappa shape index (κ1) is 23.6. The number of aromatic nitrogens is 4. The Hall–Kier alpha value is -1.03. The number of nitrogens with zero attached hydrogens (tertiary/aromatic N) is 4. The van der Waals surface area contributed by atoms with Gasteiger partial charge in [0.25, 0.3) is 0 Å². The van der Waals surface area contributed by atoms with Crippen LogP contribution in [0.5, 0.6) is 0 Å². The summed E-state index contributed by atoms with van der Waals surface area (Å²) in [5, 5.41) is 13.8. The van der Waals surface area contributed by atoms with Crippen LogP contribution in [0.4, 0.5) is 5.82 Å². The van der Waals surface area contributed by atoms with Crippen molar-refractivity contribution in [2.24, 2.45) is 0 Å². The van der Waals surface area contributed by atoms with Crippen molar-refractivity contribution in [3.05, 3.63) is 47.5 Å². The number of anilines is 1. The molecule has 1 aromatic carbocycles. The monoisotopic (exact) mass is 459 g/mol. The second-order valence-corrected chi connectivity index (χ2v) is 9.35. The maximum absolute atomic E-state index is 11.2. The van der Waals surface area contributed by atoms with Crippen LogP contribution in [0.25, 0.3) is 11.2 Å². The molecule has 0 aliphatic heterocycles. The van der Waals surface area contributed by atoms with Crippen molar-refractivity contribution in [2.75, 3.05) is 11.5 Å². The van der Waals surface area contributed by atoms with E-state index in [1.165, 1.54) is 0 Å². The van der Waals surface area contributed by atoms with E-state index in [9.17, 15) is 14.6 Å². The first-order valence-corrected chi connectivity index (χ1v) is 11.3. The van der Waals surface area contributed by atoms with Gasteiger partial charge < -0.3 is 29.3 Å². The molecule has 1 unspecified atom stereocenters. The van der Waals surface area contributed by atoms with E-state index in [2.05, 4.69) is 20.3 Å². The van der Waals surface area contributed by atoms with Gasteiger partial charge in [0.05, 0.1) is 11.9 Å². The molecule has 1 saturated carbocycles. The fraction of sp³-hybridized carbons (Fsp3) is 0.389. The van der Waals surface area contributed by atoms with E-state index in [0.29, 0.717) is 29.9 Å². The molecular weight excluding hydrogens is 440 g/mol. The number of hydrogen-bond acceptors (Lipinski definition) is 7. The Labute approximate surface area is 200 Å². The van der Waals surface area contributed by atoms with Gasteiger partial charge in [0.15, 0.2) is 17.0 Å². The largest absolute Gasteiger partial charge is 1.00 e. The minimum absolute atomic E-state index is 0. The van der Waals surface area contributed by atoms with Crippen molar-refractivity contribution in [3.63, 3.8) is 0 Å². The van der Waals surface area contributed by atoms with Crippen LogP contribution in [0.2, 0.25) is 5.28 Å². The van der Waals surface area contributed by atoms with Crippen LogP contribution < -0.4 is 39.8 Å². The number of aliphatic hydroxyl groups is 1. The number of fused-ring (bicyclic) bond motifs is 1. The molecule has 3 N–H and O–H groups in total. The molecule has 0 amide bonds. The van der Waals surface area contributed by atoms with E-state index in [-0.39, 0.29) is 53.7 Å². The number of benzene rings is 1. The van der Waals surface area contributed by atoms with Gasteiger partial charge in [-0.15, -0.1) is 0 Å². The molecular formula is C18H20ClN5NaO4P. The third kappa shape index (κ3) is 5.41. The molecule has 30 heavy (non-hydrogen) atoms. The van der Waals surface area contributed by atoms with Gasteiger partial charge in [0.1, 0.15) is 7.60 Å². The van der Waals surface area contributed by atoms with Gasteiger partial charge in [-0.3, -0.25) is 0 Å². The van der Waals surface area contributed by atoms with Gasteiger partial charge in [0.2, 0.25) is 5.28 Å². The van der Waals surface area contributed by atoms with E-state index in [1.807, 2.05) is 30.3 Å². The molecule has 1 fully saturated rings. The Kier molecular flexibility index (Phi) is 7.26. The molecule has 1 aliphatic carbocycles. The van der Waals surface area contributed by atoms with Crippen molar-refractivity contribution >= 4 is 36.2 Å². The van der Waals surface area contributed by atoms with Gasteiger partial charge in [0, 0.05) is 18.7 Å². The first-order chi connectivity index (χ1) is 13.7. The summed E-state index contributed by atoms with van der Waals surface area (Å²) in [7, 11) is -4.57. The predicted molar refractivity (Wildman–Crippen MR) is 107 cm³/mol. The fourth-order valence-corrected chi connectivity index (χ4v) is 5.09. The summed E-state index contributed by atoms with van der Waals surface area (Å²) in [4.78, 5) is 33.3. The summed E-state index contributed by atoms with van der Waals surface area (Å²) < 4.78 is 13.0. The van der Waals surface area contributed by atoms with Crippen LogP contribution in [0.3, 0.4) is 0 Å². The smallest absolute Gasteiger partial charge is 0.779 e. The van der Waals surface area contributed by atoms with Crippen LogP contribution in [0.1, 0.15) is 30.9 Å². The molecule has 3 aromatic rings. The first-order valence-electron chi connectivity index (χ1n) is 9.16. The van der Waals surface area contributed by atoms with E-state index in [0.717, 1.165) is 5.56 Å². The van der Waals surface area contributed by atoms with Crippen LogP contribution >= 0.6 is 19.2 Å². The van der Waals surface area contributed by atoms with E-state index in [4.69, 9.17) is 16.5 Å². The summed E-state index contributed by atoms with van der Waals surface area (Å²) in [6, 6.07) is 9.59. The molecule has 0 spiro atoms.